The summed E-state index contributed by atoms with van der Waals surface area (Å²) >= 11 is 0. The molecular formula is C35H36N4O4S. The highest BCUT2D eigenvalue weighted by Gasteiger charge is 2.40. The van der Waals surface area contributed by atoms with Gasteiger partial charge in [-0.05, 0) is 85.8 Å². The van der Waals surface area contributed by atoms with E-state index in [-0.39, 0.29) is 24.2 Å². The predicted octanol–water partition coefficient (Wildman–Crippen LogP) is 5.93. The maximum Gasteiger partial charge on any atom is 0.270 e. The van der Waals surface area contributed by atoms with Crippen molar-refractivity contribution in [3.63, 3.8) is 0 Å². The van der Waals surface area contributed by atoms with Gasteiger partial charge >= 0.3 is 0 Å². The first-order chi connectivity index (χ1) is 21.1. The number of methoxy groups -OCH3 is 1. The first-order valence-electron chi connectivity index (χ1n) is 14.5. The third kappa shape index (κ3) is 6.58. The minimum absolute atomic E-state index is 0.0865. The van der Waals surface area contributed by atoms with Gasteiger partial charge in [0.05, 0.1) is 35.2 Å². The quantitative estimate of drug-likeness (QED) is 0.244. The summed E-state index contributed by atoms with van der Waals surface area (Å²) in [7, 11) is 0.245. The zero-order valence-corrected chi connectivity index (χ0v) is 26.1. The van der Waals surface area contributed by atoms with Crippen molar-refractivity contribution in [2.75, 3.05) is 13.7 Å². The molecule has 1 aliphatic rings. The average molecular weight is 609 g/mol. The van der Waals surface area contributed by atoms with Crippen molar-refractivity contribution in [2.24, 2.45) is 0 Å². The highest BCUT2D eigenvalue weighted by Crippen LogP contribution is 2.44. The molecule has 1 aromatic heterocycles. The highest BCUT2D eigenvalue weighted by atomic mass is 32.2. The molecule has 0 fully saturated rings. The van der Waals surface area contributed by atoms with Gasteiger partial charge in [-0.3, -0.25) is 4.79 Å². The molecule has 4 aromatic rings. The standard InChI is InChI=1S/C35H36N4O4S/c1-35(2,3)44(42)39-22-28-19-30(34(41)37-21-24-10-14-29(43-4)15-11-24)38-33(32(28)31(39)16-17-40)27-7-5-6-26(18-27)25-12-8-23(20-36)9-13-25/h5-15,18-19,31,40H,16-17,21-22H2,1-4H3,(H,37,41)/t31-,44-/m1/s1. The number of nitriles is 1. The van der Waals surface area contributed by atoms with Gasteiger partial charge in [-0.15, -0.1) is 0 Å². The van der Waals surface area contributed by atoms with Crippen molar-refractivity contribution in [1.82, 2.24) is 14.6 Å². The number of carbonyl (C=O) groups excluding carboxylic acids is 1. The van der Waals surface area contributed by atoms with Crippen molar-refractivity contribution in [3.8, 4) is 34.2 Å². The van der Waals surface area contributed by atoms with Crippen LogP contribution in [-0.4, -0.2) is 43.0 Å². The first kappa shape index (κ1) is 31.1. The molecule has 9 heteroatoms. The zero-order valence-electron chi connectivity index (χ0n) is 25.3. The Labute approximate surface area is 260 Å². The van der Waals surface area contributed by atoms with E-state index in [0.29, 0.717) is 30.8 Å². The van der Waals surface area contributed by atoms with Gasteiger partial charge in [-0.1, -0.05) is 42.5 Å². The van der Waals surface area contributed by atoms with E-state index >= 15 is 0 Å². The lowest BCUT2D eigenvalue weighted by atomic mass is 9.94. The van der Waals surface area contributed by atoms with E-state index in [1.54, 1.807) is 25.3 Å². The molecule has 1 amide bonds. The number of nitrogens with one attached hydrogen (secondary N) is 1. The molecular weight excluding hydrogens is 572 g/mol. The minimum atomic E-state index is -1.36. The van der Waals surface area contributed by atoms with Crippen LogP contribution < -0.4 is 10.1 Å². The Hall–Kier alpha value is -4.36. The molecule has 1 aliphatic heterocycles. The number of hydrogen-bond acceptors (Lipinski definition) is 6. The summed E-state index contributed by atoms with van der Waals surface area (Å²) in [4.78, 5) is 18.4. The molecule has 44 heavy (non-hydrogen) atoms. The summed E-state index contributed by atoms with van der Waals surface area (Å²) in [6, 6.07) is 26.4. The van der Waals surface area contributed by atoms with E-state index in [1.165, 1.54) is 0 Å². The summed E-state index contributed by atoms with van der Waals surface area (Å²) in [5.41, 5.74) is 6.81. The number of aliphatic hydroxyl groups excluding tert-OH is 1. The Balaban J connectivity index is 1.57. The number of nitrogens with zero attached hydrogens (tertiary/aromatic N) is 3. The van der Waals surface area contributed by atoms with Crippen LogP contribution in [-0.2, 0) is 24.1 Å². The van der Waals surface area contributed by atoms with Crippen molar-refractivity contribution in [1.29, 1.82) is 5.26 Å². The number of aliphatic hydroxyl groups is 1. The number of ether oxygens (including phenoxy) is 1. The van der Waals surface area contributed by atoms with Crippen molar-refractivity contribution in [2.45, 2.75) is 51.1 Å². The normalized spacial score (nSPS) is 15.3. The molecule has 0 bridgehead atoms. The SMILES string of the molecule is COc1ccc(CNC(=O)c2cc3c(c(-c4cccc(-c5ccc(C#N)cc5)c4)n2)[C@@H](CCO)N([S@](=O)C(C)(C)C)C3)cc1. The van der Waals surface area contributed by atoms with E-state index in [0.717, 1.165) is 39.1 Å². The third-order valence-corrected chi connectivity index (χ3v) is 9.48. The van der Waals surface area contributed by atoms with Crippen molar-refractivity contribution >= 4 is 16.9 Å². The van der Waals surface area contributed by atoms with Crippen molar-refractivity contribution < 1.29 is 18.8 Å². The van der Waals surface area contributed by atoms with Crippen LogP contribution >= 0.6 is 0 Å². The molecule has 2 heterocycles. The van der Waals surface area contributed by atoms with Gasteiger partial charge in [-0.25, -0.2) is 13.5 Å². The molecule has 2 N–H and O–H groups in total. The minimum Gasteiger partial charge on any atom is -0.497 e. The Morgan fingerprint density at radius 2 is 1.77 bits per heavy atom. The van der Waals surface area contributed by atoms with Crippen LogP contribution in [0.3, 0.4) is 0 Å². The van der Waals surface area contributed by atoms with Crippen LogP contribution in [0.1, 0.15) is 66.0 Å². The van der Waals surface area contributed by atoms with Crippen LogP contribution in [0.4, 0.5) is 0 Å². The van der Waals surface area contributed by atoms with Crippen LogP contribution in [0.2, 0.25) is 0 Å². The molecule has 0 saturated heterocycles. The van der Waals surface area contributed by atoms with E-state index in [4.69, 9.17) is 9.72 Å². The summed E-state index contributed by atoms with van der Waals surface area (Å²) in [5, 5.41) is 22.3. The van der Waals surface area contributed by atoms with Gasteiger partial charge < -0.3 is 15.2 Å². The fraction of sp³-hybridized carbons (Fsp3) is 0.286. The number of amides is 1. The second-order valence-electron chi connectivity index (χ2n) is 11.7. The molecule has 2 atom stereocenters. The summed E-state index contributed by atoms with van der Waals surface area (Å²) in [6.07, 6.45) is 0.377. The maximum absolute atomic E-state index is 13.7. The number of fused-ring (bicyclic) bond motifs is 1. The smallest absolute Gasteiger partial charge is 0.270 e. The molecule has 0 spiro atoms. The second-order valence-corrected chi connectivity index (χ2v) is 13.9. The molecule has 3 aromatic carbocycles. The van der Waals surface area contributed by atoms with Gasteiger partial charge in [0.25, 0.3) is 5.91 Å². The number of rotatable bonds is 9. The fourth-order valence-corrected chi connectivity index (χ4v) is 6.81. The zero-order chi connectivity index (χ0) is 31.4. The average Bonchev–Trinajstić information content (AvgIpc) is 3.40. The molecule has 8 nitrogen and oxygen atoms in total. The number of aromatic nitrogens is 1. The van der Waals surface area contributed by atoms with E-state index in [1.807, 2.05) is 85.7 Å². The van der Waals surface area contributed by atoms with Gasteiger partial charge in [-0.2, -0.15) is 5.26 Å². The lowest BCUT2D eigenvalue weighted by molar-refractivity contribution is 0.0946. The van der Waals surface area contributed by atoms with Gasteiger partial charge in [0.1, 0.15) is 22.4 Å². The lowest BCUT2D eigenvalue weighted by Crippen LogP contribution is -2.36. The van der Waals surface area contributed by atoms with Gasteiger partial charge in [0, 0.05) is 30.8 Å². The van der Waals surface area contributed by atoms with Crippen LogP contribution in [0.25, 0.3) is 22.4 Å². The summed E-state index contributed by atoms with van der Waals surface area (Å²) in [5.74, 6) is 0.421. The largest absolute Gasteiger partial charge is 0.497 e. The number of benzene rings is 3. The van der Waals surface area contributed by atoms with Crippen LogP contribution in [0, 0.1) is 11.3 Å². The Bertz CT molecular complexity index is 1720. The second kappa shape index (κ2) is 13.1. The summed E-state index contributed by atoms with van der Waals surface area (Å²) in [6.45, 7) is 6.39. The van der Waals surface area contributed by atoms with Crippen LogP contribution in [0.15, 0.2) is 78.9 Å². The lowest BCUT2D eigenvalue weighted by Gasteiger charge is -2.30. The Morgan fingerprint density at radius 1 is 1.07 bits per heavy atom. The van der Waals surface area contributed by atoms with Gasteiger partial charge in [0.2, 0.25) is 0 Å². The number of pyridine rings is 1. The predicted molar refractivity (Wildman–Crippen MR) is 172 cm³/mol. The molecule has 226 valence electrons. The number of hydrogen-bond donors (Lipinski definition) is 2. The Morgan fingerprint density at radius 3 is 2.41 bits per heavy atom. The molecule has 0 aliphatic carbocycles. The highest BCUT2D eigenvalue weighted by molar-refractivity contribution is 7.84. The van der Waals surface area contributed by atoms with Gasteiger partial charge in [0.15, 0.2) is 0 Å². The first-order valence-corrected chi connectivity index (χ1v) is 15.6. The topological polar surface area (TPSA) is 116 Å². The third-order valence-electron chi connectivity index (χ3n) is 7.62. The molecule has 0 unspecified atom stereocenters. The summed E-state index contributed by atoms with van der Waals surface area (Å²) < 4.78 is 20.3. The molecule has 5 rings (SSSR count). The molecule has 0 saturated carbocycles. The van der Waals surface area contributed by atoms with Crippen molar-refractivity contribution in [3.05, 3.63) is 107 Å². The fourth-order valence-electron chi connectivity index (χ4n) is 5.41. The van der Waals surface area contributed by atoms with E-state index < -0.39 is 15.7 Å². The monoisotopic (exact) mass is 608 g/mol. The number of carbonyl (C=O) groups is 1. The molecule has 0 radical (unpaired) electrons. The Kier molecular flexibility index (Phi) is 9.25. The van der Waals surface area contributed by atoms with E-state index in [2.05, 4.69) is 11.4 Å². The van der Waals surface area contributed by atoms with Crippen LogP contribution in [0.5, 0.6) is 5.75 Å². The maximum atomic E-state index is 13.7. The van der Waals surface area contributed by atoms with E-state index in [9.17, 15) is 19.4 Å².